The third-order valence-corrected chi connectivity index (χ3v) is 3.27. The third kappa shape index (κ3) is 1.66. The molecule has 0 fully saturated rings. The first-order valence-electron chi connectivity index (χ1n) is 5.54. The van der Waals surface area contributed by atoms with E-state index in [0.717, 1.165) is 0 Å². The summed E-state index contributed by atoms with van der Waals surface area (Å²) < 4.78 is 0. The van der Waals surface area contributed by atoms with Crippen molar-refractivity contribution >= 4 is 6.08 Å². The molecule has 1 N–H and O–H groups in total. The Morgan fingerprint density at radius 1 is 1.44 bits per heavy atom. The summed E-state index contributed by atoms with van der Waals surface area (Å²) in [6.07, 6.45) is 7.36. The van der Waals surface area contributed by atoms with E-state index in [1.165, 1.54) is 22.3 Å². The standard InChI is InChI=1S/C15H16O/c1-4-6-14(16)15-11(3)9-13-10(2)7-5-8-12(13)15/h1,5,7-9,14-16H,6H2,2-3H3. The fourth-order valence-corrected chi connectivity index (χ4v) is 2.48. The lowest BCUT2D eigenvalue weighted by molar-refractivity contribution is 0.162. The lowest BCUT2D eigenvalue weighted by Gasteiger charge is -2.19. The molecular formula is C15H16O. The summed E-state index contributed by atoms with van der Waals surface area (Å²) in [7, 11) is 0. The fourth-order valence-electron chi connectivity index (χ4n) is 2.48. The van der Waals surface area contributed by atoms with Gasteiger partial charge in [0.2, 0.25) is 0 Å². The average molecular weight is 212 g/mol. The third-order valence-electron chi connectivity index (χ3n) is 3.27. The summed E-state index contributed by atoms with van der Waals surface area (Å²) in [6.45, 7) is 4.16. The monoisotopic (exact) mass is 212 g/mol. The number of hydrogen-bond donors (Lipinski definition) is 1. The first-order valence-corrected chi connectivity index (χ1v) is 5.54. The second-order valence-electron chi connectivity index (χ2n) is 4.42. The first kappa shape index (κ1) is 11.0. The highest BCUT2D eigenvalue weighted by molar-refractivity contribution is 5.69. The number of aliphatic hydroxyl groups excluding tert-OH is 1. The second kappa shape index (κ2) is 4.15. The summed E-state index contributed by atoms with van der Waals surface area (Å²) in [5, 5.41) is 10.1. The second-order valence-corrected chi connectivity index (χ2v) is 4.42. The van der Waals surface area contributed by atoms with Crippen molar-refractivity contribution in [3.05, 3.63) is 40.5 Å². The van der Waals surface area contributed by atoms with Crippen LogP contribution in [-0.2, 0) is 0 Å². The van der Waals surface area contributed by atoms with E-state index in [-0.39, 0.29) is 5.92 Å². The van der Waals surface area contributed by atoms with Crippen molar-refractivity contribution in [3.8, 4) is 12.3 Å². The topological polar surface area (TPSA) is 20.2 Å². The number of fused-ring (bicyclic) bond motifs is 1. The number of terminal acetylenes is 1. The number of hydrogen-bond acceptors (Lipinski definition) is 1. The van der Waals surface area contributed by atoms with Gasteiger partial charge in [-0.2, -0.15) is 0 Å². The quantitative estimate of drug-likeness (QED) is 0.747. The zero-order chi connectivity index (χ0) is 11.7. The molecule has 0 aliphatic heterocycles. The Morgan fingerprint density at radius 2 is 2.19 bits per heavy atom. The predicted octanol–water partition coefficient (Wildman–Crippen LogP) is 2.88. The summed E-state index contributed by atoms with van der Waals surface area (Å²) in [5.41, 5.74) is 4.92. The van der Waals surface area contributed by atoms with E-state index in [0.29, 0.717) is 6.42 Å². The Kier molecular flexibility index (Phi) is 2.85. The largest absolute Gasteiger partial charge is 0.391 e. The van der Waals surface area contributed by atoms with E-state index in [2.05, 4.69) is 38.0 Å². The van der Waals surface area contributed by atoms with Crippen molar-refractivity contribution in [1.82, 2.24) is 0 Å². The van der Waals surface area contributed by atoms with Crippen molar-refractivity contribution in [2.24, 2.45) is 0 Å². The van der Waals surface area contributed by atoms with E-state index < -0.39 is 6.10 Å². The minimum Gasteiger partial charge on any atom is -0.391 e. The van der Waals surface area contributed by atoms with Crippen LogP contribution in [0.1, 0.15) is 36.0 Å². The van der Waals surface area contributed by atoms with Crippen LogP contribution in [0.25, 0.3) is 6.08 Å². The van der Waals surface area contributed by atoms with Gasteiger partial charge in [-0.25, -0.2) is 0 Å². The maximum absolute atomic E-state index is 10.1. The summed E-state index contributed by atoms with van der Waals surface area (Å²) in [6, 6.07) is 6.22. The molecule has 0 saturated heterocycles. The Bertz CT molecular complexity index is 477. The van der Waals surface area contributed by atoms with E-state index in [9.17, 15) is 5.11 Å². The van der Waals surface area contributed by atoms with Gasteiger partial charge in [0.1, 0.15) is 0 Å². The highest BCUT2D eigenvalue weighted by Crippen LogP contribution is 2.40. The molecule has 1 heteroatoms. The molecule has 0 heterocycles. The van der Waals surface area contributed by atoms with E-state index in [4.69, 9.17) is 6.42 Å². The van der Waals surface area contributed by atoms with Crippen LogP contribution in [0, 0.1) is 19.3 Å². The van der Waals surface area contributed by atoms with E-state index >= 15 is 0 Å². The first-order chi connectivity index (χ1) is 7.65. The van der Waals surface area contributed by atoms with Crippen LogP contribution in [0.15, 0.2) is 23.8 Å². The summed E-state index contributed by atoms with van der Waals surface area (Å²) in [5.74, 6) is 2.61. The molecule has 2 atom stereocenters. The molecule has 0 radical (unpaired) electrons. The van der Waals surface area contributed by atoms with Gasteiger partial charge in [0, 0.05) is 12.3 Å². The maximum Gasteiger partial charge on any atom is 0.0755 e. The zero-order valence-electron chi connectivity index (χ0n) is 9.70. The number of aliphatic hydroxyl groups is 1. The van der Waals surface area contributed by atoms with Gasteiger partial charge in [-0.1, -0.05) is 29.8 Å². The summed E-state index contributed by atoms with van der Waals surface area (Å²) >= 11 is 0. The molecule has 2 rings (SSSR count). The van der Waals surface area contributed by atoms with Gasteiger partial charge in [-0.15, -0.1) is 12.3 Å². The van der Waals surface area contributed by atoms with Crippen LogP contribution in [0.3, 0.4) is 0 Å². The Hall–Kier alpha value is -1.52. The van der Waals surface area contributed by atoms with Gasteiger partial charge in [-0.05, 0) is 30.5 Å². The molecule has 0 aromatic heterocycles. The lowest BCUT2D eigenvalue weighted by atomic mass is 9.89. The Balaban J connectivity index is 2.43. The number of benzene rings is 1. The van der Waals surface area contributed by atoms with Crippen LogP contribution in [0.5, 0.6) is 0 Å². The van der Waals surface area contributed by atoms with Crippen LogP contribution < -0.4 is 0 Å². The van der Waals surface area contributed by atoms with Crippen LogP contribution in [0.2, 0.25) is 0 Å². The SMILES string of the molecule is C#CCC(O)C1C(C)=Cc2c(C)cccc21. The molecule has 0 bridgehead atoms. The molecule has 1 aromatic carbocycles. The van der Waals surface area contributed by atoms with Crippen molar-refractivity contribution < 1.29 is 5.11 Å². The molecule has 0 amide bonds. The predicted molar refractivity (Wildman–Crippen MR) is 67.0 cm³/mol. The molecule has 82 valence electrons. The number of rotatable bonds is 2. The minimum absolute atomic E-state index is 0.0750. The average Bonchev–Trinajstić information content (AvgIpc) is 2.56. The van der Waals surface area contributed by atoms with Crippen LogP contribution in [0.4, 0.5) is 0 Å². The maximum atomic E-state index is 10.1. The number of aryl methyl sites for hydroxylation is 1. The molecule has 2 unspecified atom stereocenters. The Labute approximate surface area is 96.8 Å². The van der Waals surface area contributed by atoms with Gasteiger partial charge >= 0.3 is 0 Å². The normalized spacial score (nSPS) is 19.9. The molecule has 1 aromatic rings. The van der Waals surface area contributed by atoms with Crippen molar-refractivity contribution in [1.29, 1.82) is 0 Å². The minimum atomic E-state index is -0.468. The van der Waals surface area contributed by atoms with Crippen LogP contribution in [-0.4, -0.2) is 11.2 Å². The molecule has 1 aliphatic rings. The molecule has 0 spiro atoms. The van der Waals surface area contributed by atoms with Crippen molar-refractivity contribution in [3.63, 3.8) is 0 Å². The molecule has 16 heavy (non-hydrogen) atoms. The smallest absolute Gasteiger partial charge is 0.0755 e. The molecule has 1 nitrogen and oxygen atoms in total. The van der Waals surface area contributed by atoms with E-state index in [1.54, 1.807) is 0 Å². The highest BCUT2D eigenvalue weighted by Gasteiger charge is 2.28. The Morgan fingerprint density at radius 3 is 2.88 bits per heavy atom. The van der Waals surface area contributed by atoms with Gasteiger partial charge in [0.25, 0.3) is 0 Å². The zero-order valence-corrected chi connectivity index (χ0v) is 9.70. The molecular weight excluding hydrogens is 196 g/mol. The van der Waals surface area contributed by atoms with E-state index in [1.807, 2.05) is 6.07 Å². The van der Waals surface area contributed by atoms with Gasteiger partial charge in [0.05, 0.1) is 6.10 Å². The fraction of sp³-hybridized carbons (Fsp3) is 0.333. The van der Waals surface area contributed by atoms with Gasteiger partial charge in [0.15, 0.2) is 0 Å². The van der Waals surface area contributed by atoms with Gasteiger partial charge in [-0.3, -0.25) is 0 Å². The van der Waals surface area contributed by atoms with Crippen LogP contribution >= 0.6 is 0 Å². The van der Waals surface area contributed by atoms with Gasteiger partial charge < -0.3 is 5.11 Å². The lowest BCUT2D eigenvalue weighted by Crippen LogP contribution is -2.17. The van der Waals surface area contributed by atoms with Crippen molar-refractivity contribution in [2.45, 2.75) is 32.3 Å². The molecule has 0 saturated carbocycles. The summed E-state index contributed by atoms with van der Waals surface area (Å²) in [4.78, 5) is 0. The van der Waals surface area contributed by atoms with Crippen molar-refractivity contribution in [2.75, 3.05) is 0 Å². The molecule has 1 aliphatic carbocycles. The highest BCUT2D eigenvalue weighted by atomic mass is 16.3.